The van der Waals surface area contributed by atoms with Crippen LogP contribution in [0.2, 0.25) is 0 Å². The lowest BCUT2D eigenvalue weighted by molar-refractivity contribution is -0.109. The molecule has 1 aromatic rings. The normalized spacial score (nSPS) is 14.2. The summed E-state index contributed by atoms with van der Waals surface area (Å²) in [5.74, 6) is 0.501. The first-order valence-corrected chi connectivity index (χ1v) is 7.17. The van der Waals surface area contributed by atoms with E-state index in [9.17, 15) is 15.0 Å². The van der Waals surface area contributed by atoms with Crippen molar-refractivity contribution in [1.82, 2.24) is 0 Å². The maximum Gasteiger partial charge on any atom is 0.185 e. The minimum Gasteiger partial charge on any atom is -0.399 e. The monoisotopic (exact) mass is 283 g/mol. The van der Waals surface area contributed by atoms with Gasteiger partial charge in [-0.05, 0) is 43.0 Å². The van der Waals surface area contributed by atoms with Gasteiger partial charge in [0.2, 0.25) is 0 Å². The fourth-order valence-corrected chi connectivity index (χ4v) is 2.51. The number of aliphatic hydroxyl groups excluding tert-OH is 2. The Hall–Kier alpha value is -1.04. The number of carbonyl (C=O) groups excluding carboxylic acids is 1. The molecule has 0 saturated carbocycles. The lowest BCUT2D eigenvalue weighted by Gasteiger charge is -2.20. The number of benzene rings is 1. The number of hydrogen-bond donors (Lipinski definition) is 3. The van der Waals surface area contributed by atoms with Gasteiger partial charge in [0, 0.05) is 18.4 Å². The van der Waals surface area contributed by atoms with Crippen LogP contribution in [-0.4, -0.2) is 27.2 Å². The Bertz CT molecular complexity index is 462. The zero-order valence-electron chi connectivity index (χ0n) is 11.5. The van der Waals surface area contributed by atoms with E-state index in [1.165, 1.54) is 6.92 Å². The summed E-state index contributed by atoms with van der Waals surface area (Å²) in [7, 11) is 0. The summed E-state index contributed by atoms with van der Waals surface area (Å²) in [6.45, 7) is 5.20. The van der Waals surface area contributed by atoms with E-state index in [0.29, 0.717) is 23.4 Å². The van der Waals surface area contributed by atoms with E-state index in [-0.39, 0.29) is 5.12 Å². The highest BCUT2D eigenvalue weighted by molar-refractivity contribution is 8.13. The van der Waals surface area contributed by atoms with E-state index in [4.69, 9.17) is 5.73 Å². The molecule has 106 valence electrons. The molecule has 1 aromatic carbocycles. The van der Waals surface area contributed by atoms with Crippen molar-refractivity contribution in [2.24, 2.45) is 0 Å². The molecule has 4 N–H and O–H groups in total. The predicted molar refractivity (Wildman–Crippen MR) is 79.1 cm³/mol. The van der Waals surface area contributed by atoms with Crippen molar-refractivity contribution in [3.8, 4) is 0 Å². The van der Waals surface area contributed by atoms with Crippen molar-refractivity contribution in [2.75, 3.05) is 11.5 Å². The van der Waals surface area contributed by atoms with Gasteiger partial charge in [-0.2, -0.15) is 0 Å². The molecule has 0 heterocycles. The van der Waals surface area contributed by atoms with Crippen LogP contribution < -0.4 is 5.73 Å². The van der Waals surface area contributed by atoms with Gasteiger partial charge in [-0.15, -0.1) is 0 Å². The van der Waals surface area contributed by atoms with E-state index < -0.39 is 12.2 Å². The van der Waals surface area contributed by atoms with Gasteiger partial charge in [-0.1, -0.05) is 17.8 Å². The predicted octanol–water partition coefficient (Wildman–Crippen LogP) is 1.95. The zero-order chi connectivity index (χ0) is 14.6. The SMILES string of the molecule is CC(=O)SCCC(O)C(O)c1cc(C)c(N)cc1C. The molecule has 0 fully saturated rings. The molecule has 0 radical (unpaired) electrons. The van der Waals surface area contributed by atoms with Crippen LogP contribution in [0.5, 0.6) is 0 Å². The molecule has 2 atom stereocenters. The van der Waals surface area contributed by atoms with Gasteiger partial charge in [0.1, 0.15) is 6.10 Å². The Morgan fingerprint density at radius 3 is 2.53 bits per heavy atom. The van der Waals surface area contributed by atoms with Crippen molar-refractivity contribution in [3.63, 3.8) is 0 Å². The van der Waals surface area contributed by atoms with Crippen molar-refractivity contribution < 1.29 is 15.0 Å². The van der Waals surface area contributed by atoms with Gasteiger partial charge >= 0.3 is 0 Å². The Labute approximate surface area is 118 Å². The molecule has 0 aliphatic carbocycles. The number of aliphatic hydroxyl groups is 2. The van der Waals surface area contributed by atoms with E-state index in [2.05, 4.69) is 0 Å². The Morgan fingerprint density at radius 2 is 1.95 bits per heavy atom. The number of nitrogens with two attached hydrogens (primary N) is 1. The largest absolute Gasteiger partial charge is 0.399 e. The molecule has 5 heteroatoms. The average molecular weight is 283 g/mol. The van der Waals surface area contributed by atoms with Crippen LogP contribution in [0.15, 0.2) is 12.1 Å². The van der Waals surface area contributed by atoms with Crippen LogP contribution in [0.25, 0.3) is 0 Å². The molecule has 0 spiro atoms. The van der Waals surface area contributed by atoms with Crippen molar-refractivity contribution >= 4 is 22.6 Å². The highest BCUT2D eigenvalue weighted by Gasteiger charge is 2.20. The third kappa shape index (κ3) is 4.53. The van der Waals surface area contributed by atoms with Gasteiger partial charge in [0.15, 0.2) is 5.12 Å². The van der Waals surface area contributed by atoms with Crippen LogP contribution >= 0.6 is 11.8 Å². The highest BCUT2D eigenvalue weighted by atomic mass is 32.2. The first kappa shape index (κ1) is 16.0. The Kier molecular flexibility index (Phi) is 5.85. The first-order valence-electron chi connectivity index (χ1n) is 6.19. The molecular weight excluding hydrogens is 262 g/mol. The summed E-state index contributed by atoms with van der Waals surface area (Å²) in [4.78, 5) is 10.8. The smallest absolute Gasteiger partial charge is 0.185 e. The zero-order valence-corrected chi connectivity index (χ0v) is 12.3. The Morgan fingerprint density at radius 1 is 1.32 bits per heavy atom. The van der Waals surface area contributed by atoms with Gasteiger partial charge in [-0.3, -0.25) is 4.79 Å². The summed E-state index contributed by atoms with van der Waals surface area (Å²) in [6, 6.07) is 3.60. The molecule has 0 aliphatic heterocycles. The quantitative estimate of drug-likeness (QED) is 0.719. The average Bonchev–Trinajstić information content (AvgIpc) is 2.32. The first-order chi connectivity index (χ1) is 8.82. The molecule has 0 saturated heterocycles. The van der Waals surface area contributed by atoms with Crippen LogP contribution in [0, 0.1) is 13.8 Å². The van der Waals surface area contributed by atoms with Crippen LogP contribution in [0.3, 0.4) is 0 Å². The lowest BCUT2D eigenvalue weighted by Crippen LogP contribution is -2.20. The summed E-state index contributed by atoms with van der Waals surface area (Å²) in [5.41, 5.74) is 8.89. The lowest BCUT2D eigenvalue weighted by atomic mass is 9.95. The number of thioether (sulfide) groups is 1. The molecule has 1 rings (SSSR count). The fourth-order valence-electron chi connectivity index (χ4n) is 1.87. The van der Waals surface area contributed by atoms with Crippen molar-refractivity contribution in [3.05, 3.63) is 28.8 Å². The summed E-state index contributed by atoms with van der Waals surface area (Å²) < 4.78 is 0. The van der Waals surface area contributed by atoms with Crippen LogP contribution in [0.1, 0.15) is 36.1 Å². The molecule has 0 amide bonds. The second-order valence-corrected chi connectivity index (χ2v) is 5.98. The molecule has 0 aromatic heterocycles. The van der Waals surface area contributed by atoms with E-state index >= 15 is 0 Å². The molecular formula is C14H21NO3S. The van der Waals surface area contributed by atoms with Crippen molar-refractivity contribution in [2.45, 2.75) is 39.4 Å². The third-order valence-electron chi connectivity index (χ3n) is 3.06. The highest BCUT2D eigenvalue weighted by Crippen LogP contribution is 2.27. The topological polar surface area (TPSA) is 83.5 Å². The maximum absolute atomic E-state index is 10.8. The standard InChI is InChI=1S/C14H21NO3S/c1-8-7-12(15)9(2)6-11(8)14(18)13(17)4-5-19-10(3)16/h6-7,13-14,17-18H,4-5,15H2,1-3H3. The van der Waals surface area contributed by atoms with Gasteiger partial charge < -0.3 is 15.9 Å². The van der Waals surface area contributed by atoms with Gasteiger partial charge in [0.05, 0.1) is 6.10 Å². The third-order valence-corrected chi connectivity index (χ3v) is 3.90. The summed E-state index contributed by atoms with van der Waals surface area (Å²) in [6.07, 6.45) is -1.46. The summed E-state index contributed by atoms with van der Waals surface area (Å²) >= 11 is 1.15. The number of anilines is 1. The number of hydrogen-bond acceptors (Lipinski definition) is 5. The molecule has 0 aliphatic rings. The number of nitrogen functional groups attached to an aromatic ring is 1. The second kappa shape index (κ2) is 6.93. The van der Waals surface area contributed by atoms with E-state index in [0.717, 1.165) is 22.9 Å². The summed E-state index contributed by atoms with van der Waals surface area (Å²) in [5, 5.41) is 20.1. The minimum absolute atomic E-state index is 0.0150. The van der Waals surface area contributed by atoms with Crippen LogP contribution in [-0.2, 0) is 4.79 Å². The van der Waals surface area contributed by atoms with E-state index in [1.54, 1.807) is 12.1 Å². The van der Waals surface area contributed by atoms with Gasteiger partial charge in [-0.25, -0.2) is 0 Å². The molecule has 2 unspecified atom stereocenters. The number of aryl methyl sites for hydroxylation is 2. The molecule has 19 heavy (non-hydrogen) atoms. The number of carbonyl (C=O) groups is 1. The van der Waals surface area contributed by atoms with Gasteiger partial charge in [0.25, 0.3) is 0 Å². The molecule has 4 nitrogen and oxygen atoms in total. The van der Waals surface area contributed by atoms with Crippen molar-refractivity contribution in [1.29, 1.82) is 0 Å². The second-order valence-electron chi connectivity index (χ2n) is 4.71. The van der Waals surface area contributed by atoms with E-state index in [1.807, 2.05) is 13.8 Å². The Balaban J connectivity index is 2.73. The molecule has 0 bridgehead atoms. The van der Waals surface area contributed by atoms with Crippen LogP contribution in [0.4, 0.5) is 5.69 Å². The maximum atomic E-state index is 10.8. The fraction of sp³-hybridized carbons (Fsp3) is 0.500. The minimum atomic E-state index is -0.952. The number of rotatable bonds is 5.